The zero-order chi connectivity index (χ0) is 19.9. The number of anilines is 1. The van der Waals surface area contributed by atoms with Gasteiger partial charge < -0.3 is 19.9 Å². The summed E-state index contributed by atoms with van der Waals surface area (Å²) in [6.07, 6.45) is 2.54. The Bertz CT molecular complexity index is 815. The van der Waals surface area contributed by atoms with Gasteiger partial charge in [0, 0.05) is 39.6 Å². The van der Waals surface area contributed by atoms with Crippen molar-refractivity contribution in [3.8, 4) is 5.75 Å². The van der Waals surface area contributed by atoms with Gasteiger partial charge in [0.05, 0.1) is 19.0 Å². The van der Waals surface area contributed by atoms with Gasteiger partial charge >= 0.3 is 0 Å². The van der Waals surface area contributed by atoms with E-state index in [1.807, 2.05) is 24.3 Å². The second kappa shape index (κ2) is 9.21. The summed E-state index contributed by atoms with van der Waals surface area (Å²) in [5.41, 5.74) is 2.49. The normalized spacial score (nSPS) is 13.9. The third-order valence-electron chi connectivity index (χ3n) is 4.87. The lowest BCUT2D eigenvalue weighted by atomic mass is 10.1. The lowest BCUT2D eigenvalue weighted by Crippen LogP contribution is -2.50. The molecule has 1 fully saturated rings. The number of nitrogens with one attached hydrogen (secondary N) is 1. The molecule has 3 rings (SSSR count). The van der Waals surface area contributed by atoms with Crippen LogP contribution < -0.4 is 10.1 Å². The van der Waals surface area contributed by atoms with Crippen LogP contribution in [0.4, 0.5) is 5.69 Å². The number of benzene rings is 1. The predicted octanol–water partition coefficient (Wildman–Crippen LogP) is 2.05. The van der Waals surface area contributed by atoms with E-state index in [0.29, 0.717) is 31.9 Å². The molecule has 2 amide bonds. The van der Waals surface area contributed by atoms with E-state index in [4.69, 9.17) is 4.74 Å². The molecule has 1 aromatic carbocycles. The fraction of sp³-hybridized carbons (Fsp3) is 0.381. The SMILES string of the molecule is COc1cccc(CCNc2ccc(C(=O)N3CCN(C(C)=O)CC3)nc2)c1. The number of hydrogen-bond donors (Lipinski definition) is 1. The van der Waals surface area contributed by atoms with Crippen LogP contribution in [0.2, 0.25) is 0 Å². The van der Waals surface area contributed by atoms with Crippen LogP contribution in [0.3, 0.4) is 0 Å². The molecule has 28 heavy (non-hydrogen) atoms. The highest BCUT2D eigenvalue weighted by Crippen LogP contribution is 2.14. The lowest BCUT2D eigenvalue weighted by Gasteiger charge is -2.34. The van der Waals surface area contributed by atoms with Gasteiger partial charge in [0.2, 0.25) is 5.91 Å². The van der Waals surface area contributed by atoms with Crippen molar-refractivity contribution in [1.82, 2.24) is 14.8 Å². The largest absolute Gasteiger partial charge is 0.497 e. The molecule has 1 aliphatic heterocycles. The van der Waals surface area contributed by atoms with Crippen LogP contribution in [-0.4, -0.2) is 66.4 Å². The molecule has 1 N–H and O–H groups in total. The zero-order valence-corrected chi connectivity index (χ0v) is 16.4. The van der Waals surface area contributed by atoms with Crippen molar-refractivity contribution < 1.29 is 14.3 Å². The highest BCUT2D eigenvalue weighted by molar-refractivity contribution is 5.92. The molecular formula is C21H26N4O3. The summed E-state index contributed by atoms with van der Waals surface area (Å²) in [6, 6.07) is 11.6. The maximum absolute atomic E-state index is 12.6. The fourth-order valence-corrected chi connectivity index (χ4v) is 3.19. The van der Waals surface area contributed by atoms with Crippen molar-refractivity contribution in [2.24, 2.45) is 0 Å². The van der Waals surface area contributed by atoms with Crippen molar-refractivity contribution in [2.45, 2.75) is 13.3 Å². The van der Waals surface area contributed by atoms with Crippen LogP contribution in [-0.2, 0) is 11.2 Å². The van der Waals surface area contributed by atoms with Crippen LogP contribution in [0.25, 0.3) is 0 Å². The number of carbonyl (C=O) groups is 2. The molecule has 148 valence electrons. The van der Waals surface area contributed by atoms with Gasteiger partial charge in [-0.25, -0.2) is 4.98 Å². The number of carbonyl (C=O) groups excluding carboxylic acids is 2. The van der Waals surface area contributed by atoms with Crippen LogP contribution >= 0.6 is 0 Å². The van der Waals surface area contributed by atoms with E-state index < -0.39 is 0 Å². The first-order valence-electron chi connectivity index (χ1n) is 9.44. The topological polar surface area (TPSA) is 74.8 Å². The molecule has 0 bridgehead atoms. The molecule has 0 spiro atoms. The standard InChI is InChI=1S/C21H26N4O3/c1-16(26)24-10-12-25(13-11-24)21(27)20-7-6-18(15-23-20)22-9-8-17-4-3-5-19(14-17)28-2/h3-7,14-15,22H,8-13H2,1-2H3. The molecule has 7 heteroatoms. The number of methoxy groups -OCH3 is 1. The summed E-state index contributed by atoms with van der Waals surface area (Å²) in [7, 11) is 1.66. The molecular weight excluding hydrogens is 356 g/mol. The van der Waals surface area contributed by atoms with E-state index in [1.165, 1.54) is 5.56 Å². The van der Waals surface area contributed by atoms with E-state index in [2.05, 4.69) is 16.4 Å². The quantitative estimate of drug-likeness (QED) is 0.828. The smallest absolute Gasteiger partial charge is 0.272 e. The first-order valence-corrected chi connectivity index (χ1v) is 9.44. The number of pyridine rings is 1. The van der Waals surface area contributed by atoms with Gasteiger partial charge in [-0.3, -0.25) is 9.59 Å². The van der Waals surface area contributed by atoms with Crippen molar-refractivity contribution >= 4 is 17.5 Å². The van der Waals surface area contributed by atoms with Gasteiger partial charge in [-0.15, -0.1) is 0 Å². The zero-order valence-electron chi connectivity index (χ0n) is 16.4. The van der Waals surface area contributed by atoms with Gasteiger partial charge in [-0.05, 0) is 36.2 Å². The van der Waals surface area contributed by atoms with Crippen LogP contribution in [0.5, 0.6) is 5.75 Å². The molecule has 0 saturated carbocycles. The summed E-state index contributed by atoms with van der Waals surface area (Å²) in [5, 5.41) is 3.32. The first kappa shape index (κ1) is 19.7. The van der Waals surface area contributed by atoms with E-state index in [0.717, 1.165) is 24.4 Å². The monoisotopic (exact) mass is 382 g/mol. The Kier molecular flexibility index (Phi) is 6.47. The minimum absolute atomic E-state index is 0.0506. The predicted molar refractivity (Wildman–Crippen MR) is 108 cm³/mol. The van der Waals surface area contributed by atoms with E-state index in [-0.39, 0.29) is 11.8 Å². The highest BCUT2D eigenvalue weighted by atomic mass is 16.5. The van der Waals surface area contributed by atoms with Crippen LogP contribution in [0.1, 0.15) is 23.0 Å². The molecule has 0 aliphatic carbocycles. The number of nitrogens with zero attached hydrogens (tertiary/aromatic N) is 3. The summed E-state index contributed by atoms with van der Waals surface area (Å²) in [4.78, 5) is 31.8. The lowest BCUT2D eigenvalue weighted by molar-refractivity contribution is -0.130. The Morgan fingerprint density at radius 2 is 1.86 bits per heavy atom. The number of amides is 2. The second-order valence-electron chi connectivity index (χ2n) is 6.76. The van der Waals surface area contributed by atoms with Crippen LogP contribution in [0, 0.1) is 0 Å². The van der Waals surface area contributed by atoms with E-state index >= 15 is 0 Å². The Hall–Kier alpha value is -3.09. The number of aromatic nitrogens is 1. The molecule has 2 aromatic rings. The average Bonchev–Trinajstić information content (AvgIpc) is 2.74. The summed E-state index contributed by atoms with van der Waals surface area (Å²) in [6.45, 7) is 4.55. The molecule has 0 unspecified atom stereocenters. The minimum atomic E-state index is -0.0915. The number of hydrogen-bond acceptors (Lipinski definition) is 5. The van der Waals surface area contributed by atoms with E-state index in [9.17, 15) is 9.59 Å². The molecule has 1 aliphatic rings. The Labute approximate surface area is 165 Å². The van der Waals surface area contributed by atoms with Crippen molar-refractivity contribution in [2.75, 3.05) is 45.2 Å². The Balaban J connectivity index is 1.49. The third-order valence-corrected chi connectivity index (χ3v) is 4.87. The highest BCUT2D eigenvalue weighted by Gasteiger charge is 2.23. The molecule has 0 radical (unpaired) electrons. The van der Waals surface area contributed by atoms with Gasteiger partial charge in [0.1, 0.15) is 11.4 Å². The average molecular weight is 382 g/mol. The van der Waals surface area contributed by atoms with Crippen molar-refractivity contribution in [1.29, 1.82) is 0 Å². The molecule has 2 heterocycles. The third kappa shape index (κ3) is 5.00. The molecule has 1 saturated heterocycles. The summed E-state index contributed by atoms with van der Waals surface area (Å²) < 4.78 is 5.24. The van der Waals surface area contributed by atoms with Gasteiger partial charge in [0.15, 0.2) is 0 Å². The van der Waals surface area contributed by atoms with Gasteiger partial charge in [-0.1, -0.05) is 12.1 Å². The first-order chi connectivity index (χ1) is 13.6. The Morgan fingerprint density at radius 3 is 2.50 bits per heavy atom. The number of ether oxygens (including phenoxy) is 1. The summed E-state index contributed by atoms with van der Waals surface area (Å²) in [5.74, 6) is 0.812. The van der Waals surface area contributed by atoms with Crippen molar-refractivity contribution in [3.05, 3.63) is 53.9 Å². The van der Waals surface area contributed by atoms with E-state index in [1.54, 1.807) is 36.1 Å². The maximum atomic E-state index is 12.6. The fourth-order valence-electron chi connectivity index (χ4n) is 3.19. The van der Waals surface area contributed by atoms with Gasteiger partial charge in [-0.2, -0.15) is 0 Å². The van der Waals surface area contributed by atoms with Crippen molar-refractivity contribution in [3.63, 3.8) is 0 Å². The molecule has 7 nitrogen and oxygen atoms in total. The van der Waals surface area contributed by atoms with Gasteiger partial charge in [0.25, 0.3) is 5.91 Å². The minimum Gasteiger partial charge on any atom is -0.497 e. The number of rotatable bonds is 6. The molecule has 0 atom stereocenters. The second-order valence-corrected chi connectivity index (χ2v) is 6.76. The molecule has 1 aromatic heterocycles. The Morgan fingerprint density at radius 1 is 1.11 bits per heavy atom. The summed E-state index contributed by atoms with van der Waals surface area (Å²) >= 11 is 0. The maximum Gasteiger partial charge on any atom is 0.272 e. The van der Waals surface area contributed by atoms with Crippen LogP contribution in [0.15, 0.2) is 42.6 Å². The number of piperazine rings is 1.